The van der Waals surface area contributed by atoms with Gasteiger partial charge in [-0.15, -0.1) is 0 Å². The molecule has 0 amide bonds. The van der Waals surface area contributed by atoms with Crippen LogP contribution in [0.5, 0.6) is 11.5 Å². The Hall–Kier alpha value is -1.78. The van der Waals surface area contributed by atoms with Crippen molar-refractivity contribution in [3.63, 3.8) is 0 Å². The molecule has 0 saturated heterocycles. The molecule has 0 aromatic carbocycles. The Morgan fingerprint density at radius 1 is 0.941 bits per heavy atom. The van der Waals surface area contributed by atoms with Gasteiger partial charge in [0.1, 0.15) is 0 Å². The smallest absolute Gasteiger partial charge is 0.313 e. The molecule has 0 spiro atoms. The third kappa shape index (κ3) is 3.62. The first-order chi connectivity index (χ1) is 7.91. The van der Waals surface area contributed by atoms with Crippen LogP contribution in [0.25, 0.3) is 0 Å². The first-order valence-electron chi connectivity index (χ1n) is 5.52. The number of aromatic nitrogens is 1. The molecular weight excluding hydrogens is 222 g/mol. The molecular formula is C12H17NO4. The molecule has 0 fully saturated rings. The normalized spacial score (nSPS) is 10.7. The molecule has 1 heterocycles. The van der Waals surface area contributed by atoms with E-state index in [4.69, 9.17) is 9.47 Å². The van der Waals surface area contributed by atoms with Gasteiger partial charge in [0.15, 0.2) is 11.5 Å². The van der Waals surface area contributed by atoms with Crippen LogP contribution in [0.3, 0.4) is 0 Å². The van der Waals surface area contributed by atoms with Gasteiger partial charge in [0.05, 0.1) is 11.8 Å². The molecule has 0 aliphatic rings. The monoisotopic (exact) mass is 239 g/mol. The summed E-state index contributed by atoms with van der Waals surface area (Å²) in [5.74, 6) is -0.745. The first kappa shape index (κ1) is 13.3. The number of carbonyl (C=O) groups excluding carboxylic acids is 2. The lowest BCUT2D eigenvalue weighted by molar-refractivity contribution is -0.140. The summed E-state index contributed by atoms with van der Waals surface area (Å²) in [6, 6.07) is 0. The van der Waals surface area contributed by atoms with E-state index in [0.29, 0.717) is 0 Å². The lowest BCUT2D eigenvalue weighted by Gasteiger charge is -2.08. The van der Waals surface area contributed by atoms with Crippen molar-refractivity contribution >= 4 is 11.9 Å². The van der Waals surface area contributed by atoms with Crippen molar-refractivity contribution in [3.8, 4) is 11.5 Å². The van der Waals surface area contributed by atoms with E-state index < -0.39 is 0 Å². The van der Waals surface area contributed by atoms with Crippen molar-refractivity contribution in [1.82, 2.24) is 4.98 Å². The van der Waals surface area contributed by atoms with Crippen LogP contribution in [0.2, 0.25) is 0 Å². The molecule has 5 nitrogen and oxygen atoms in total. The molecule has 0 saturated carbocycles. The van der Waals surface area contributed by atoms with Crippen molar-refractivity contribution in [2.45, 2.75) is 27.7 Å². The van der Waals surface area contributed by atoms with Crippen molar-refractivity contribution in [1.29, 1.82) is 0 Å². The van der Waals surface area contributed by atoms with Crippen molar-refractivity contribution in [2.75, 3.05) is 0 Å². The van der Waals surface area contributed by atoms with Crippen LogP contribution in [-0.4, -0.2) is 16.9 Å². The van der Waals surface area contributed by atoms with Crippen LogP contribution >= 0.6 is 0 Å². The molecule has 0 bridgehead atoms. The second-order valence-corrected chi connectivity index (χ2v) is 4.34. The lowest BCUT2D eigenvalue weighted by Crippen LogP contribution is -2.17. The van der Waals surface area contributed by atoms with E-state index in [1.54, 1.807) is 27.7 Å². The van der Waals surface area contributed by atoms with Crippen LogP contribution in [0.4, 0.5) is 0 Å². The quantitative estimate of drug-likeness (QED) is 0.817. The molecule has 0 aliphatic carbocycles. The Kier molecular flexibility index (Phi) is 4.31. The van der Waals surface area contributed by atoms with Crippen molar-refractivity contribution in [2.24, 2.45) is 11.8 Å². The summed E-state index contributed by atoms with van der Waals surface area (Å²) < 4.78 is 10.2. The van der Waals surface area contributed by atoms with E-state index in [1.165, 1.54) is 12.4 Å². The zero-order valence-electron chi connectivity index (χ0n) is 10.4. The van der Waals surface area contributed by atoms with E-state index in [0.717, 1.165) is 0 Å². The molecule has 0 radical (unpaired) electrons. The molecule has 0 aliphatic heterocycles. The minimum absolute atomic E-state index is 0.234. The minimum atomic E-state index is -0.369. The Bertz CT molecular complexity index is 370. The minimum Gasteiger partial charge on any atom is -0.421 e. The molecule has 5 heteroatoms. The second-order valence-electron chi connectivity index (χ2n) is 4.34. The molecule has 17 heavy (non-hydrogen) atoms. The molecule has 1 aromatic heterocycles. The highest BCUT2D eigenvalue weighted by Gasteiger charge is 2.17. The number of carbonyl (C=O) groups is 2. The Balaban J connectivity index is 2.73. The van der Waals surface area contributed by atoms with E-state index in [1.807, 2.05) is 0 Å². The fraction of sp³-hybridized carbons (Fsp3) is 0.500. The van der Waals surface area contributed by atoms with Crippen LogP contribution in [0.15, 0.2) is 12.4 Å². The average molecular weight is 239 g/mol. The summed E-state index contributed by atoms with van der Waals surface area (Å²) in [5.41, 5.74) is 0. The Morgan fingerprint density at radius 3 is 1.59 bits per heavy atom. The maximum Gasteiger partial charge on any atom is 0.313 e. The molecule has 0 unspecified atom stereocenters. The van der Waals surface area contributed by atoms with E-state index in [-0.39, 0.29) is 35.3 Å². The van der Waals surface area contributed by atoms with Crippen molar-refractivity contribution < 1.29 is 19.1 Å². The number of esters is 2. The van der Waals surface area contributed by atoms with E-state index in [9.17, 15) is 9.59 Å². The summed E-state index contributed by atoms with van der Waals surface area (Å²) in [7, 11) is 0. The summed E-state index contributed by atoms with van der Waals surface area (Å²) in [6.07, 6.45) is 2.95. The first-order valence-corrected chi connectivity index (χ1v) is 5.52. The molecule has 1 rings (SSSR count). The molecule has 0 atom stereocenters. The number of aromatic amines is 1. The van der Waals surface area contributed by atoms with Gasteiger partial charge in [-0.1, -0.05) is 27.7 Å². The van der Waals surface area contributed by atoms with E-state index >= 15 is 0 Å². The van der Waals surface area contributed by atoms with Crippen molar-refractivity contribution in [3.05, 3.63) is 12.4 Å². The van der Waals surface area contributed by atoms with Crippen LogP contribution in [0, 0.1) is 11.8 Å². The van der Waals surface area contributed by atoms with Gasteiger partial charge < -0.3 is 14.5 Å². The predicted molar refractivity (Wildman–Crippen MR) is 61.7 cm³/mol. The van der Waals surface area contributed by atoms with Gasteiger partial charge in [0.25, 0.3) is 0 Å². The summed E-state index contributed by atoms with van der Waals surface area (Å²) in [6.45, 7) is 6.92. The fourth-order valence-corrected chi connectivity index (χ4v) is 0.947. The zero-order chi connectivity index (χ0) is 13.0. The number of ether oxygens (including phenoxy) is 2. The summed E-state index contributed by atoms with van der Waals surface area (Å²) in [4.78, 5) is 25.5. The average Bonchev–Trinajstić information content (AvgIpc) is 2.65. The summed E-state index contributed by atoms with van der Waals surface area (Å²) in [5, 5.41) is 0. The highest BCUT2D eigenvalue weighted by molar-refractivity contribution is 5.77. The predicted octanol–water partition coefficient (Wildman–Crippen LogP) is 2.14. The highest BCUT2D eigenvalue weighted by atomic mass is 16.6. The maximum absolute atomic E-state index is 11.4. The van der Waals surface area contributed by atoms with Crippen LogP contribution in [0.1, 0.15) is 27.7 Å². The number of hydrogen-bond donors (Lipinski definition) is 1. The van der Waals surface area contributed by atoms with E-state index in [2.05, 4.69) is 4.98 Å². The van der Waals surface area contributed by atoms with Gasteiger partial charge in [-0.2, -0.15) is 0 Å². The fourth-order valence-electron chi connectivity index (χ4n) is 0.947. The molecule has 94 valence electrons. The lowest BCUT2D eigenvalue weighted by atomic mass is 10.2. The van der Waals surface area contributed by atoms with Crippen LogP contribution in [-0.2, 0) is 9.59 Å². The number of H-pyrrole nitrogens is 1. The van der Waals surface area contributed by atoms with Crippen LogP contribution < -0.4 is 9.47 Å². The topological polar surface area (TPSA) is 68.4 Å². The zero-order valence-corrected chi connectivity index (χ0v) is 10.4. The molecule has 1 aromatic rings. The van der Waals surface area contributed by atoms with Gasteiger partial charge in [-0.3, -0.25) is 9.59 Å². The largest absolute Gasteiger partial charge is 0.421 e. The van der Waals surface area contributed by atoms with Gasteiger partial charge >= 0.3 is 11.9 Å². The number of rotatable bonds is 4. The number of hydrogen-bond acceptors (Lipinski definition) is 4. The van der Waals surface area contributed by atoms with Gasteiger partial charge in [-0.05, 0) is 0 Å². The highest BCUT2D eigenvalue weighted by Crippen LogP contribution is 2.27. The third-order valence-corrected chi connectivity index (χ3v) is 2.04. The molecule has 1 N–H and O–H groups in total. The second kappa shape index (κ2) is 5.52. The SMILES string of the molecule is CC(C)C(=O)Oc1c[nH]cc1OC(=O)C(C)C. The number of nitrogens with one attached hydrogen (secondary N) is 1. The van der Waals surface area contributed by atoms with Gasteiger partial charge in [0.2, 0.25) is 0 Å². The Morgan fingerprint density at radius 2 is 1.29 bits per heavy atom. The van der Waals surface area contributed by atoms with Gasteiger partial charge in [0, 0.05) is 12.4 Å². The van der Waals surface area contributed by atoms with Gasteiger partial charge in [-0.25, -0.2) is 0 Å². The third-order valence-electron chi connectivity index (χ3n) is 2.04. The standard InChI is InChI=1S/C12H17NO4/c1-7(2)11(14)16-9-5-13-6-10(9)17-12(15)8(3)4/h5-8,13H,1-4H3. The Labute approximate surface area is 100 Å². The summed E-state index contributed by atoms with van der Waals surface area (Å²) >= 11 is 0. The maximum atomic E-state index is 11.4.